The highest BCUT2D eigenvalue weighted by Gasteiger charge is 2.17. The molecule has 0 radical (unpaired) electrons. The van der Waals surface area contributed by atoms with E-state index < -0.39 is 16.0 Å². The first-order chi connectivity index (χ1) is 14.8. The van der Waals surface area contributed by atoms with Gasteiger partial charge in [0.05, 0.1) is 23.3 Å². The Balaban J connectivity index is 1.70. The topological polar surface area (TPSA) is 111 Å². The third-order valence-corrected chi connectivity index (χ3v) is 5.52. The molecule has 0 heterocycles. The van der Waals surface area contributed by atoms with Gasteiger partial charge in [-0.25, -0.2) is 13.2 Å². The molecule has 0 saturated carbocycles. The number of anilines is 2. The zero-order chi connectivity index (χ0) is 22.4. The third-order valence-electron chi connectivity index (χ3n) is 4.14. The highest BCUT2D eigenvalue weighted by molar-refractivity contribution is 7.92. The smallest absolute Gasteiger partial charge is 0.343 e. The van der Waals surface area contributed by atoms with Crippen LogP contribution in [0.3, 0.4) is 0 Å². The number of benzene rings is 3. The minimum atomic E-state index is -3.88. The molecule has 0 bridgehead atoms. The lowest BCUT2D eigenvalue weighted by molar-refractivity contribution is -0.114. The van der Waals surface area contributed by atoms with Crippen molar-refractivity contribution >= 4 is 33.3 Å². The Bertz CT molecular complexity index is 1190. The summed E-state index contributed by atoms with van der Waals surface area (Å²) >= 11 is 0. The molecule has 0 spiro atoms. The van der Waals surface area contributed by atoms with Crippen LogP contribution >= 0.6 is 0 Å². The molecule has 3 aromatic rings. The summed E-state index contributed by atoms with van der Waals surface area (Å²) < 4.78 is 38.2. The van der Waals surface area contributed by atoms with Crippen LogP contribution in [0.1, 0.15) is 17.3 Å². The fourth-order valence-corrected chi connectivity index (χ4v) is 3.75. The normalized spacial score (nSPS) is 10.8. The molecule has 1 amide bonds. The van der Waals surface area contributed by atoms with E-state index in [1.165, 1.54) is 38.3 Å². The van der Waals surface area contributed by atoms with E-state index in [1.807, 2.05) is 0 Å². The van der Waals surface area contributed by atoms with Gasteiger partial charge in [0.2, 0.25) is 5.91 Å². The van der Waals surface area contributed by atoms with Crippen LogP contribution in [0.2, 0.25) is 0 Å². The Labute approximate surface area is 179 Å². The first-order valence-corrected chi connectivity index (χ1v) is 10.6. The van der Waals surface area contributed by atoms with Gasteiger partial charge in [0.1, 0.15) is 11.5 Å². The number of methoxy groups -OCH3 is 1. The molecule has 0 unspecified atom stereocenters. The maximum absolute atomic E-state index is 12.6. The van der Waals surface area contributed by atoms with Gasteiger partial charge in [0, 0.05) is 12.6 Å². The van der Waals surface area contributed by atoms with Crippen LogP contribution in [0.5, 0.6) is 11.5 Å². The van der Waals surface area contributed by atoms with Crippen LogP contribution in [0.15, 0.2) is 77.7 Å². The minimum Gasteiger partial charge on any atom is -0.495 e. The van der Waals surface area contributed by atoms with E-state index in [1.54, 1.807) is 48.5 Å². The average Bonchev–Trinajstić information content (AvgIpc) is 2.75. The number of ether oxygens (including phenoxy) is 2. The SMILES string of the molecule is COc1ccccc1NS(=O)(=O)c1ccc(C(=O)Oc2ccc(NC(C)=O)cc2)cc1. The molecule has 0 aromatic heterocycles. The van der Waals surface area contributed by atoms with E-state index in [4.69, 9.17) is 9.47 Å². The Morgan fingerprint density at radius 3 is 2.13 bits per heavy atom. The van der Waals surface area contributed by atoms with E-state index in [9.17, 15) is 18.0 Å². The van der Waals surface area contributed by atoms with Crippen molar-refractivity contribution in [3.63, 3.8) is 0 Å². The first-order valence-electron chi connectivity index (χ1n) is 9.14. The largest absolute Gasteiger partial charge is 0.495 e. The Hall–Kier alpha value is -3.85. The molecule has 160 valence electrons. The van der Waals surface area contributed by atoms with Gasteiger partial charge in [-0.15, -0.1) is 0 Å². The number of carbonyl (C=O) groups is 2. The van der Waals surface area contributed by atoms with Gasteiger partial charge in [0.25, 0.3) is 10.0 Å². The molecule has 2 N–H and O–H groups in total. The third kappa shape index (κ3) is 5.61. The molecule has 0 fully saturated rings. The summed E-state index contributed by atoms with van der Waals surface area (Å²) in [5, 5.41) is 2.61. The Morgan fingerprint density at radius 2 is 1.52 bits per heavy atom. The van der Waals surface area contributed by atoms with Crippen LogP contribution in [0, 0.1) is 0 Å². The van der Waals surface area contributed by atoms with Crippen molar-refractivity contribution in [1.29, 1.82) is 0 Å². The molecule has 0 aliphatic rings. The number of hydrogen-bond donors (Lipinski definition) is 2. The van der Waals surface area contributed by atoms with E-state index in [0.29, 0.717) is 17.1 Å². The highest BCUT2D eigenvalue weighted by atomic mass is 32.2. The molecule has 3 rings (SSSR count). The predicted octanol–water partition coefficient (Wildman–Crippen LogP) is 3.67. The van der Waals surface area contributed by atoms with Crippen molar-refractivity contribution in [2.45, 2.75) is 11.8 Å². The van der Waals surface area contributed by atoms with Crippen molar-refractivity contribution in [3.8, 4) is 11.5 Å². The summed E-state index contributed by atoms with van der Waals surface area (Å²) in [6, 6.07) is 18.3. The van der Waals surface area contributed by atoms with Crippen LogP contribution < -0.4 is 19.5 Å². The number of amides is 1. The summed E-state index contributed by atoms with van der Waals surface area (Å²) in [6.45, 7) is 1.39. The fraction of sp³-hybridized carbons (Fsp3) is 0.0909. The van der Waals surface area contributed by atoms with Crippen LogP contribution in [-0.2, 0) is 14.8 Å². The Morgan fingerprint density at radius 1 is 0.871 bits per heavy atom. The quantitative estimate of drug-likeness (QED) is 0.428. The number of rotatable bonds is 7. The average molecular weight is 440 g/mol. The first kappa shape index (κ1) is 21.8. The van der Waals surface area contributed by atoms with Gasteiger partial charge < -0.3 is 14.8 Å². The molecule has 0 aliphatic carbocycles. The van der Waals surface area contributed by atoms with E-state index in [-0.39, 0.29) is 22.1 Å². The number of para-hydroxylation sites is 2. The lowest BCUT2D eigenvalue weighted by atomic mass is 10.2. The zero-order valence-corrected chi connectivity index (χ0v) is 17.6. The molecule has 0 saturated heterocycles. The molecule has 3 aromatic carbocycles. The monoisotopic (exact) mass is 440 g/mol. The summed E-state index contributed by atoms with van der Waals surface area (Å²) in [5.41, 5.74) is 1.06. The second-order valence-corrected chi connectivity index (χ2v) is 8.11. The summed E-state index contributed by atoms with van der Waals surface area (Å²) in [6.07, 6.45) is 0. The maximum Gasteiger partial charge on any atom is 0.343 e. The minimum absolute atomic E-state index is 0.0189. The molecule has 31 heavy (non-hydrogen) atoms. The number of sulfonamides is 1. The van der Waals surface area contributed by atoms with E-state index in [2.05, 4.69) is 10.0 Å². The highest BCUT2D eigenvalue weighted by Crippen LogP contribution is 2.26. The lowest BCUT2D eigenvalue weighted by Gasteiger charge is -2.12. The van der Waals surface area contributed by atoms with Crippen LogP contribution in [0.4, 0.5) is 11.4 Å². The van der Waals surface area contributed by atoms with Gasteiger partial charge in [-0.3, -0.25) is 9.52 Å². The van der Waals surface area contributed by atoms with Crippen molar-refractivity contribution in [3.05, 3.63) is 78.4 Å². The van der Waals surface area contributed by atoms with Gasteiger partial charge in [-0.2, -0.15) is 0 Å². The van der Waals surface area contributed by atoms with Gasteiger partial charge in [-0.1, -0.05) is 12.1 Å². The summed E-state index contributed by atoms with van der Waals surface area (Å²) in [5.74, 6) is -0.182. The van der Waals surface area contributed by atoms with Crippen molar-refractivity contribution < 1.29 is 27.5 Å². The van der Waals surface area contributed by atoms with E-state index >= 15 is 0 Å². The summed E-state index contributed by atoms with van der Waals surface area (Å²) in [7, 11) is -2.43. The number of carbonyl (C=O) groups excluding carboxylic acids is 2. The fourth-order valence-electron chi connectivity index (χ4n) is 2.68. The molecular formula is C22H20N2O6S. The molecule has 9 heteroatoms. The number of esters is 1. The second kappa shape index (κ2) is 9.31. The lowest BCUT2D eigenvalue weighted by Crippen LogP contribution is -2.14. The van der Waals surface area contributed by atoms with Crippen molar-refractivity contribution in [1.82, 2.24) is 0 Å². The van der Waals surface area contributed by atoms with Gasteiger partial charge >= 0.3 is 5.97 Å². The number of nitrogens with one attached hydrogen (secondary N) is 2. The molecule has 8 nitrogen and oxygen atoms in total. The molecule has 0 aliphatic heterocycles. The van der Waals surface area contributed by atoms with Gasteiger partial charge in [-0.05, 0) is 60.7 Å². The molecular weight excluding hydrogens is 420 g/mol. The Kier molecular flexibility index (Phi) is 6.56. The zero-order valence-electron chi connectivity index (χ0n) is 16.8. The van der Waals surface area contributed by atoms with Gasteiger partial charge in [0.15, 0.2) is 0 Å². The van der Waals surface area contributed by atoms with Crippen LogP contribution in [0.25, 0.3) is 0 Å². The van der Waals surface area contributed by atoms with Crippen molar-refractivity contribution in [2.75, 3.05) is 17.1 Å². The second-order valence-electron chi connectivity index (χ2n) is 6.43. The molecule has 0 atom stereocenters. The maximum atomic E-state index is 12.6. The standard InChI is InChI=1S/C22H20N2O6S/c1-15(25)23-17-9-11-18(12-10-17)30-22(26)16-7-13-19(14-8-16)31(27,28)24-20-5-3-4-6-21(20)29-2/h3-14,24H,1-2H3,(H,23,25). The van der Waals surface area contributed by atoms with E-state index in [0.717, 1.165) is 0 Å². The number of hydrogen-bond acceptors (Lipinski definition) is 6. The predicted molar refractivity (Wildman–Crippen MR) is 116 cm³/mol. The van der Waals surface area contributed by atoms with Crippen LogP contribution in [-0.4, -0.2) is 27.4 Å². The van der Waals surface area contributed by atoms with Crippen molar-refractivity contribution in [2.24, 2.45) is 0 Å². The summed E-state index contributed by atoms with van der Waals surface area (Å²) in [4.78, 5) is 23.4.